The predicted octanol–water partition coefficient (Wildman–Crippen LogP) is 4.75. The number of halogens is 1. The van der Waals surface area contributed by atoms with E-state index in [1.165, 1.54) is 23.1 Å². The van der Waals surface area contributed by atoms with Crippen LogP contribution in [0.15, 0.2) is 72.5 Å². The fourth-order valence-corrected chi connectivity index (χ4v) is 3.93. The highest BCUT2D eigenvalue weighted by Gasteiger charge is 2.31. The number of anilines is 1. The Kier molecular flexibility index (Phi) is 8.40. The molecule has 7 nitrogen and oxygen atoms in total. The van der Waals surface area contributed by atoms with E-state index < -0.39 is 5.91 Å². The van der Waals surface area contributed by atoms with Gasteiger partial charge in [-0.2, -0.15) is 0 Å². The van der Waals surface area contributed by atoms with Crippen molar-refractivity contribution in [3.8, 4) is 17.2 Å². The minimum atomic E-state index is -0.453. The van der Waals surface area contributed by atoms with Crippen molar-refractivity contribution in [2.24, 2.45) is 0 Å². The van der Waals surface area contributed by atoms with E-state index >= 15 is 0 Å². The molecule has 0 fully saturated rings. The number of carbonyl (C=O) groups excluding carboxylic acids is 2. The van der Waals surface area contributed by atoms with Gasteiger partial charge in [-0.25, -0.2) is 4.39 Å². The SMILES string of the molecule is CCOc1ccc(CCNC(=O)CN2C(=O)C(=Cc3ccc(F)cc3)Oc3ccccc32)cc1OCC. The fraction of sp³-hybridized carbons (Fsp3) is 0.241. The lowest BCUT2D eigenvalue weighted by atomic mass is 10.1. The molecular formula is C29H29FN2O5. The van der Waals surface area contributed by atoms with Crippen LogP contribution in [0.2, 0.25) is 0 Å². The molecule has 37 heavy (non-hydrogen) atoms. The van der Waals surface area contributed by atoms with E-state index in [4.69, 9.17) is 14.2 Å². The number of para-hydroxylation sites is 2. The highest BCUT2D eigenvalue weighted by Crippen LogP contribution is 2.35. The van der Waals surface area contributed by atoms with E-state index in [1.807, 2.05) is 32.0 Å². The van der Waals surface area contributed by atoms with Gasteiger partial charge < -0.3 is 19.5 Å². The number of carbonyl (C=O) groups is 2. The maximum Gasteiger partial charge on any atom is 0.294 e. The fourth-order valence-electron chi connectivity index (χ4n) is 3.93. The van der Waals surface area contributed by atoms with Crippen LogP contribution in [0.5, 0.6) is 17.2 Å². The van der Waals surface area contributed by atoms with Crippen molar-refractivity contribution in [3.63, 3.8) is 0 Å². The molecule has 1 aliphatic heterocycles. The number of nitrogens with one attached hydrogen (secondary N) is 1. The van der Waals surface area contributed by atoms with Crippen LogP contribution in [0.1, 0.15) is 25.0 Å². The number of hydrogen-bond acceptors (Lipinski definition) is 5. The molecule has 3 aromatic carbocycles. The van der Waals surface area contributed by atoms with Gasteiger partial charge in [0, 0.05) is 6.54 Å². The largest absolute Gasteiger partial charge is 0.490 e. The average Bonchev–Trinajstić information content (AvgIpc) is 2.89. The standard InChI is InChI=1S/C29H29FN2O5/c1-3-35-25-14-11-21(17-26(25)36-4-2)15-16-31-28(33)19-32-23-7-5-6-8-24(23)37-27(29(32)34)18-20-9-12-22(30)13-10-20/h5-14,17-18H,3-4,15-16,19H2,1-2H3,(H,31,33). The molecule has 1 aliphatic rings. The van der Waals surface area contributed by atoms with Crippen LogP contribution in [-0.4, -0.2) is 38.1 Å². The summed E-state index contributed by atoms with van der Waals surface area (Å²) in [5.74, 6) is 0.738. The zero-order chi connectivity index (χ0) is 26.2. The van der Waals surface area contributed by atoms with E-state index in [1.54, 1.807) is 36.4 Å². The van der Waals surface area contributed by atoms with Crippen LogP contribution >= 0.6 is 0 Å². The summed E-state index contributed by atoms with van der Waals surface area (Å²) in [6.07, 6.45) is 2.12. The molecule has 1 N–H and O–H groups in total. The second-order valence-corrected chi connectivity index (χ2v) is 8.27. The predicted molar refractivity (Wildman–Crippen MR) is 139 cm³/mol. The van der Waals surface area contributed by atoms with Gasteiger partial charge in [0.15, 0.2) is 23.0 Å². The first-order chi connectivity index (χ1) is 18.0. The third-order valence-corrected chi connectivity index (χ3v) is 5.65. The highest BCUT2D eigenvalue weighted by atomic mass is 19.1. The number of ether oxygens (including phenoxy) is 3. The molecule has 0 saturated carbocycles. The van der Waals surface area contributed by atoms with Gasteiger partial charge >= 0.3 is 0 Å². The zero-order valence-electron chi connectivity index (χ0n) is 20.8. The van der Waals surface area contributed by atoms with Crippen molar-refractivity contribution in [2.75, 3.05) is 31.2 Å². The van der Waals surface area contributed by atoms with E-state index in [0.717, 1.165) is 5.56 Å². The molecular weight excluding hydrogens is 475 g/mol. The summed E-state index contributed by atoms with van der Waals surface area (Å²) < 4.78 is 30.4. The number of hydrogen-bond donors (Lipinski definition) is 1. The van der Waals surface area contributed by atoms with Crippen LogP contribution < -0.4 is 24.4 Å². The van der Waals surface area contributed by atoms with Gasteiger partial charge in [0.1, 0.15) is 12.4 Å². The zero-order valence-corrected chi connectivity index (χ0v) is 20.8. The Balaban J connectivity index is 1.43. The molecule has 0 atom stereocenters. The van der Waals surface area contributed by atoms with Gasteiger partial charge in [-0.3, -0.25) is 14.5 Å². The average molecular weight is 505 g/mol. The first-order valence-electron chi connectivity index (χ1n) is 12.2. The van der Waals surface area contributed by atoms with E-state index in [2.05, 4.69) is 5.32 Å². The van der Waals surface area contributed by atoms with Gasteiger partial charge in [-0.05, 0) is 73.9 Å². The van der Waals surface area contributed by atoms with E-state index in [-0.39, 0.29) is 24.0 Å². The maximum atomic E-state index is 13.3. The lowest BCUT2D eigenvalue weighted by molar-refractivity contribution is -0.123. The molecule has 0 bridgehead atoms. The summed E-state index contributed by atoms with van der Waals surface area (Å²) in [5, 5.41) is 2.88. The molecule has 0 spiro atoms. The Labute approximate surface area is 215 Å². The third kappa shape index (κ3) is 6.46. The Hall–Kier alpha value is -4.33. The second kappa shape index (κ2) is 12.1. The monoisotopic (exact) mass is 504 g/mol. The normalized spacial score (nSPS) is 13.6. The highest BCUT2D eigenvalue weighted by molar-refractivity contribution is 6.12. The topological polar surface area (TPSA) is 77.1 Å². The van der Waals surface area contributed by atoms with Gasteiger partial charge in [0.05, 0.1) is 18.9 Å². The number of nitrogens with zero attached hydrogens (tertiary/aromatic N) is 1. The van der Waals surface area contributed by atoms with Crippen LogP contribution in [0.4, 0.5) is 10.1 Å². The Morgan fingerprint density at radius 3 is 2.49 bits per heavy atom. The third-order valence-electron chi connectivity index (χ3n) is 5.65. The lowest BCUT2D eigenvalue weighted by Crippen LogP contribution is -2.44. The summed E-state index contributed by atoms with van der Waals surface area (Å²) >= 11 is 0. The molecule has 8 heteroatoms. The van der Waals surface area contributed by atoms with Crippen LogP contribution in [0, 0.1) is 5.82 Å². The van der Waals surface area contributed by atoms with Crippen molar-refractivity contribution in [1.82, 2.24) is 5.32 Å². The number of amides is 2. The summed E-state index contributed by atoms with van der Waals surface area (Å²) in [7, 11) is 0. The Bertz CT molecular complexity index is 1290. The molecule has 0 saturated heterocycles. The van der Waals surface area contributed by atoms with Gasteiger partial charge in [0.2, 0.25) is 5.91 Å². The Morgan fingerprint density at radius 1 is 1.00 bits per heavy atom. The summed E-state index contributed by atoms with van der Waals surface area (Å²) in [6.45, 7) is 5.10. The second-order valence-electron chi connectivity index (χ2n) is 8.27. The van der Waals surface area contributed by atoms with Crippen molar-refractivity contribution in [3.05, 3.63) is 89.4 Å². The maximum absolute atomic E-state index is 13.3. The van der Waals surface area contributed by atoms with Crippen molar-refractivity contribution in [1.29, 1.82) is 0 Å². The number of fused-ring (bicyclic) bond motifs is 1. The molecule has 4 rings (SSSR count). The molecule has 0 aromatic heterocycles. The molecule has 0 unspecified atom stereocenters. The summed E-state index contributed by atoms with van der Waals surface area (Å²) in [5.41, 5.74) is 2.10. The summed E-state index contributed by atoms with van der Waals surface area (Å²) in [6, 6.07) is 18.4. The molecule has 3 aromatic rings. The van der Waals surface area contributed by atoms with Crippen LogP contribution in [0.3, 0.4) is 0 Å². The van der Waals surface area contributed by atoms with E-state index in [0.29, 0.717) is 54.7 Å². The molecule has 192 valence electrons. The van der Waals surface area contributed by atoms with E-state index in [9.17, 15) is 14.0 Å². The first kappa shape index (κ1) is 25.8. The van der Waals surface area contributed by atoms with Crippen molar-refractivity contribution in [2.45, 2.75) is 20.3 Å². The van der Waals surface area contributed by atoms with Crippen molar-refractivity contribution < 1.29 is 28.2 Å². The minimum absolute atomic E-state index is 0.0518. The molecule has 0 radical (unpaired) electrons. The molecule has 2 amide bonds. The lowest BCUT2D eigenvalue weighted by Gasteiger charge is -2.30. The Morgan fingerprint density at radius 2 is 1.73 bits per heavy atom. The number of rotatable bonds is 10. The van der Waals surface area contributed by atoms with Gasteiger partial charge in [-0.15, -0.1) is 0 Å². The van der Waals surface area contributed by atoms with Crippen molar-refractivity contribution >= 4 is 23.6 Å². The molecule has 0 aliphatic carbocycles. The number of benzene rings is 3. The summed E-state index contributed by atoms with van der Waals surface area (Å²) in [4.78, 5) is 27.4. The molecule has 1 heterocycles. The van der Waals surface area contributed by atoms with Gasteiger partial charge in [0.25, 0.3) is 5.91 Å². The smallest absolute Gasteiger partial charge is 0.294 e. The van der Waals surface area contributed by atoms with Crippen LogP contribution in [-0.2, 0) is 16.0 Å². The first-order valence-corrected chi connectivity index (χ1v) is 12.2. The minimum Gasteiger partial charge on any atom is -0.490 e. The van der Waals surface area contributed by atoms with Gasteiger partial charge in [-0.1, -0.05) is 30.3 Å². The van der Waals surface area contributed by atoms with Crippen LogP contribution in [0.25, 0.3) is 6.08 Å². The quantitative estimate of drug-likeness (QED) is 0.404.